The quantitative estimate of drug-likeness (QED) is 0.652. The van der Waals surface area contributed by atoms with Crippen LogP contribution in [0.15, 0.2) is 18.2 Å². The molecule has 1 aromatic rings. The maximum absolute atomic E-state index is 10.9. The average Bonchev–Trinajstić information content (AvgIpc) is 2.18. The number of benzene rings is 1. The van der Waals surface area contributed by atoms with Crippen LogP contribution >= 0.6 is 0 Å². The number of anilines is 1. The van der Waals surface area contributed by atoms with Gasteiger partial charge in [0.15, 0.2) is 0 Å². The van der Waals surface area contributed by atoms with Gasteiger partial charge < -0.3 is 16.2 Å². The van der Waals surface area contributed by atoms with Gasteiger partial charge in [-0.15, -0.1) is 0 Å². The molecule has 1 amide bonds. The molecule has 0 spiro atoms. The Kier molecular flexibility index (Phi) is 4.12. The molecular formula is C11H16N2O2. The maximum atomic E-state index is 10.9. The summed E-state index contributed by atoms with van der Waals surface area (Å²) >= 11 is 0. The third kappa shape index (κ3) is 3.25. The Hall–Kier alpha value is -1.55. The number of carbonyl (C=O) groups is 1. The van der Waals surface area contributed by atoms with Crippen LogP contribution in [0.5, 0.6) is 5.75 Å². The standard InChI is InChI=1S/C11H16N2O2/c1-8(14)13-11-9(5-3-7-12)4-2-6-10(11)15/h2,4,6,15H,3,5,7,12H2,1H3,(H,13,14). The molecule has 82 valence electrons. The highest BCUT2D eigenvalue weighted by Crippen LogP contribution is 2.27. The van der Waals surface area contributed by atoms with Crippen LogP contribution < -0.4 is 11.1 Å². The minimum atomic E-state index is -0.189. The smallest absolute Gasteiger partial charge is 0.221 e. The molecule has 4 heteroatoms. The predicted octanol–water partition coefficient (Wildman–Crippen LogP) is 1.24. The fraction of sp³-hybridized carbons (Fsp3) is 0.364. The van der Waals surface area contributed by atoms with Crippen LogP contribution in [0.1, 0.15) is 18.9 Å². The van der Waals surface area contributed by atoms with Crippen molar-refractivity contribution in [2.75, 3.05) is 11.9 Å². The third-order valence-electron chi connectivity index (χ3n) is 2.08. The van der Waals surface area contributed by atoms with Crippen molar-refractivity contribution >= 4 is 11.6 Å². The van der Waals surface area contributed by atoms with Crippen LogP contribution in [-0.2, 0) is 11.2 Å². The van der Waals surface area contributed by atoms with Crippen LogP contribution in [0.2, 0.25) is 0 Å². The minimum Gasteiger partial charge on any atom is -0.506 e. The Morgan fingerprint density at radius 2 is 2.27 bits per heavy atom. The number of aromatic hydroxyl groups is 1. The summed E-state index contributed by atoms with van der Waals surface area (Å²) in [7, 11) is 0. The van der Waals surface area contributed by atoms with Gasteiger partial charge in [-0.25, -0.2) is 0 Å². The summed E-state index contributed by atoms with van der Waals surface area (Å²) in [5, 5.41) is 12.2. The van der Waals surface area contributed by atoms with Crippen molar-refractivity contribution in [1.82, 2.24) is 0 Å². The van der Waals surface area contributed by atoms with Crippen LogP contribution in [0.4, 0.5) is 5.69 Å². The van der Waals surface area contributed by atoms with Crippen LogP contribution in [0, 0.1) is 0 Å². The molecule has 4 N–H and O–H groups in total. The van der Waals surface area contributed by atoms with Gasteiger partial charge >= 0.3 is 0 Å². The molecule has 0 saturated heterocycles. The lowest BCUT2D eigenvalue weighted by molar-refractivity contribution is -0.114. The van der Waals surface area contributed by atoms with E-state index in [1.807, 2.05) is 6.07 Å². The largest absolute Gasteiger partial charge is 0.506 e. The summed E-state index contributed by atoms with van der Waals surface area (Å²) in [6.07, 6.45) is 1.58. The number of carbonyl (C=O) groups excluding carboxylic acids is 1. The monoisotopic (exact) mass is 208 g/mol. The molecule has 0 unspecified atom stereocenters. The van der Waals surface area contributed by atoms with Gasteiger partial charge in [0.25, 0.3) is 0 Å². The van der Waals surface area contributed by atoms with E-state index >= 15 is 0 Å². The van der Waals surface area contributed by atoms with E-state index in [-0.39, 0.29) is 11.7 Å². The SMILES string of the molecule is CC(=O)Nc1c(O)cccc1CCCN. The van der Waals surface area contributed by atoms with Gasteiger partial charge in [-0.05, 0) is 31.0 Å². The summed E-state index contributed by atoms with van der Waals surface area (Å²) in [5.74, 6) is -0.0924. The summed E-state index contributed by atoms with van der Waals surface area (Å²) < 4.78 is 0. The first-order valence-corrected chi connectivity index (χ1v) is 4.93. The first-order chi connectivity index (χ1) is 7.15. The van der Waals surface area contributed by atoms with E-state index in [1.165, 1.54) is 6.92 Å². The fourth-order valence-electron chi connectivity index (χ4n) is 1.41. The number of hydrogen-bond donors (Lipinski definition) is 3. The van der Waals surface area contributed by atoms with E-state index < -0.39 is 0 Å². The van der Waals surface area contributed by atoms with E-state index in [2.05, 4.69) is 5.32 Å². The minimum absolute atomic E-state index is 0.0970. The van der Waals surface area contributed by atoms with Gasteiger partial charge in [-0.2, -0.15) is 0 Å². The summed E-state index contributed by atoms with van der Waals surface area (Å²) in [4.78, 5) is 10.9. The molecule has 0 aromatic heterocycles. The summed E-state index contributed by atoms with van der Waals surface area (Å²) in [6.45, 7) is 2.01. The second kappa shape index (κ2) is 5.36. The zero-order valence-electron chi connectivity index (χ0n) is 8.79. The Bertz CT molecular complexity index is 350. The van der Waals surface area contributed by atoms with E-state index in [1.54, 1.807) is 12.1 Å². The molecule has 0 radical (unpaired) electrons. The molecule has 0 bridgehead atoms. The number of aryl methyl sites for hydroxylation is 1. The summed E-state index contributed by atoms with van der Waals surface area (Å²) in [6, 6.07) is 5.18. The Morgan fingerprint density at radius 1 is 1.53 bits per heavy atom. The normalized spacial score (nSPS) is 10.0. The second-order valence-corrected chi connectivity index (χ2v) is 3.38. The molecular weight excluding hydrogens is 192 g/mol. The van der Waals surface area contributed by atoms with Crippen LogP contribution in [-0.4, -0.2) is 17.6 Å². The Balaban J connectivity index is 2.92. The molecule has 0 aliphatic rings. The van der Waals surface area contributed by atoms with E-state index in [4.69, 9.17) is 5.73 Å². The van der Waals surface area contributed by atoms with Crippen molar-refractivity contribution in [1.29, 1.82) is 0 Å². The fourth-order valence-corrected chi connectivity index (χ4v) is 1.41. The maximum Gasteiger partial charge on any atom is 0.221 e. The molecule has 0 aliphatic carbocycles. The molecule has 4 nitrogen and oxygen atoms in total. The number of phenols is 1. The van der Waals surface area contributed by atoms with Crippen molar-refractivity contribution in [2.24, 2.45) is 5.73 Å². The number of amides is 1. The van der Waals surface area contributed by atoms with Gasteiger partial charge in [0.1, 0.15) is 5.75 Å². The lowest BCUT2D eigenvalue weighted by atomic mass is 10.1. The Labute approximate surface area is 89.1 Å². The number of para-hydroxylation sites is 1. The molecule has 15 heavy (non-hydrogen) atoms. The third-order valence-corrected chi connectivity index (χ3v) is 2.08. The highest BCUT2D eigenvalue weighted by molar-refractivity contribution is 5.91. The van der Waals surface area contributed by atoms with Gasteiger partial charge in [-0.1, -0.05) is 12.1 Å². The van der Waals surface area contributed by atoms with Gasteiger partial charge in [0.05, 0.1) is 5.69 Å². The molecule has 1 aromatic carbocycles. The highest BCUT2D eigenvalue weighted by Gasteiger charge is 2.08. The topological polar surface area (TPSA) is 75.3 Å². The molecule has 0 saturated carbocycles. The number of hydrogen-bond acceptors (Lipinski definition) is 3. The van der Waals surface area contributed by atoms with E-state index in [0.717, 1.165) is 18.4 Å². The van der Waals surface area contributed by atoms with Crippen molar-refractivity contribution in [2.45, 2.75) is 19.8 Å². The molecule has 0 heterocycles. The van der Waals surface area contributed by atoms with Crippen molar-refractivity contribution in [3.05, 3.63) is 23.8 Å². The summed E-state index contributed by atoms with van der Waals surface area (Å²) in [5.41, 5.74) is 6.83. The number of nitrogens with two attached hydrogens (primary N) is 1. The zero-order valence-corrected chi connectivity index (χ0v) is 8.79. The number of nitrogens with one attached hydrogen (secondary N) is 1. The number of rotatable bonds is 4. The predicted molar refractivity (Wildman–Crippen MR) is 59.8 cm³/mol. The molecule has 0 fully saturated rings. The number of phenolic OH excluding ortho intramolecular Hbond substituents is 1. The van der Waals surface area contributed by atoms with E-state index in [9.17, 15) is 9.90 Å². The second-order valence-electron chi connectivity index (χ2n) is 3.38. The van der Waals surface area contributed by atoms with Crippen LogP contribution in [0.3, 0.4) is 0 Å². The van der Waals surface area contributed by atoms with Crippen LogP contribution in [0.25, 0.3) is 0 Å². The van der Waals surface area contributed by atoms with Gasteiger partial charge in [0, 0.05) is 6.92 Å². The van der Waals surface area contributed by atoms with Crippen molar-refractivity contribution < 1.29 is 9.90 Å². The average molecular weight is 208 g/mol. The lowest BCUT2D eigenvalue weighted by Gasteiger charge is -2.11. The first kappa shape index (κ1) is 11.5. The highest BCUT2D eigenvalue weighted by atomic mass is 16.3. The van der Waals surface area contributed by atoms with Crippen molar-refractivity contribution in [3.63, 3.8) is 0 Å². The lowest BCUT2D eigenvalue weighted by Crippen LogP contribution is -2.09. The first-order valence-electron chi connectivity index (χ1n) is 4.93. The Morgan fingerprint density at radius 3 is 2.87 bits per heavy atom. The van der Waals surface area contributed by atoms with Gasteiger partial charge in [-0.3, -0.25) is 4.79 Å². The zero-order chi connectivity index (χ0) is 11.3. The van der Waals surface area contributed by atoms with Gasteiger partial charge in [0.2, 0.25) is 5.91 Å². The molecule has 0 atom stereocenters. The van der Waals surface area contributed by atoms with E-state index in [0.29, 0.717) is 12.2 Å². The molecule has 0 aliphatic heterocycles. The van der Waals surface area contributed by atoms with Crippen molar-refractivity contribution in [3.8, 4) is 5.75 Å². The molecule has 1 rings (SSSR count).